The van der Waals surface area contributed by atoms with Gasteiger partial charge in [0.25, 0.3) is 0 Å². The average Bonchev–Trinajstić information content (AvgIpc) is 0.404. The van der Waals surface area contributed by atoms with Crippen LogP contribution < -0.4 is 0 Å². The van der Waals surface area contributed by atoms with E-state index in [4.69, 9.17) is 0 Å². The Morgan fingerprint density at radius 1 is 0.0882 bits per heavy atom. The molecule has 0 saturated heterocycles. The van der Waals surface area contributed by atoms with Gasteiger partial charge in [0.2, 0.25) is 0 Å². The zero-order valence-corrected chi connectivity index (χ0v) is 54.8. The molecule has 80 fully saturated rings. The molecule has 0 heterocycles. The standard InChI is InChI=1S/C102H46/c1-5-13-14-6-2-10-18-22-26-30-35-39-42-40-36-32-28-24-20-12-4-8-16-15-7-3-11-19-23-27-31-34-38-41-37-33-29-25-21-17-9(1)43(5)47(13)48(14)44(6,10)52(18)56(22)60(26)64(30)68(35)73(39)76(42)74(40)70(36)66(32)62(28)58(24)54(20)46(8,12)50(16)49(15)45(7,11)53(19)57(23)61(27)65(31)69(34)72(38)75(41)71(37)67(33)63(29)59(25)55(21)51(17,43)77(47)78(48,52)82(56)81(55,77)85(59)86(60,82)90(64)89(63,85)93(67)94(68,90)98(73)97(71,93)101(75)99(72)95(69)91(65)87(61)83(57)79(49,53)80(50,54)84(58,83)88(62,87)92(66,91)96(70,95)100(74,99)102(76,98)101/h5-42H,1-4H2. The zero-order valence-electron chi connectivity index (χ0n) is 54.8. The first-order valence-electron chi connectivity index (χ1n) is 50.8. The first-order valence-corrected chi connectivity index (χ1v) is 50.8. The Morgan fingerprint density at radius 3 is 0.314 bits per heavy atom. The molecule has 80 saturated carbocycles. The molecule has 0 amide bonds. The van der Waals surface area contributed by atoms with Gasteiger partial charge in [0, 0.05) is 0 Å². The maximum Gasteiger partial charge on any atom is -0.000370 e. The lowest BCUT2D eigenvalue weighted by Crippen LogP contribution is -3.74. The van der Waals surface area contributed by atoms with E-state index in [0.717, 1.165) is 249 Å². The molecule has 0 aromatic carbocycles. The van der Waals surface area contributed by atoms with Crippen LogP contribution in [0.1, 0.15) is 25.7 Å². The number of hydrogen-bond donors (Lipinski definition) is 0. The summed E-state index contributed by atoms with van der Waals surface area (Å²) < 4.78 is 0. The highest BCUT2D eigenvalue weighted by molar-refractivity contribution is 6.74. The number of hydrogen-bond acceptors (Lipinski definition) is 0. The Bertz CT molecular complexity index is 7560. The van der Waals surface area contributed by atoms with E-state index >= 15 is 0 Å². The molecule has 92 atom stereocenters. The summed E-state index contributed by atoms with van der Waals surface area (Å²) in [6.45, 7) is 0. The summed E-state index contributed by atoms with van der Waals surface area (Å²) in [5, 5.41) is 0. The molecule has 0 aromatic heterocycles. The maximum atomic E-state index is 1.91. The molecule has 92 unspecified atom stereocenters. The Balaban J connectivity index is 0.546. The highest BCUT2D eigenvalue weighted by atomic mass is 15.9. The first kappa shape index (κ1) is 31.8. The lowest BCUT2D eigenvalue weighted by atomic mass is 8.24. The van der Waals surface area contributed by atoms with Gasteiger partial charge in [-0.2, -0.15) is 0 Å². The van der Waals surface area contributed by atoms with E-state index in [2.05, 4.69) is 0 Å². The van der Waals surface area contributed by atoms with Gasteiger partial charge in [-0.1, -0.05) is 0 Å². The summed E-state index contributed by atoms with van der Waals surface area (Å²) in [5.74, 6) is 55.1. The van der Waals surface area contributed by atoms with Crippen molar-refractivity contribution in [3.05, 3.63) is 97.5 Å². The zero-order chi connectivity index (χ0) is 54.8. The van der Waals surface area contributed by atoms with Crippen molar-refractivity contribution >= 4 is 0 Å². The molecule has 0 radical (unpaired) electrons. The fourth-order valence-corrected chi connectivity index (χ4v) is 126. The summed E-state index contributed by atoms with van der Waals surface area (Å²) in [4.78, 5) is 0. The predicted octanol–water partition coefficient (Wildman–Crippen LogP) is 7.70. The fourth-order valence-electron chi connectivity index (χ4n) is 126. The van der Waals surface area contributed by atoms with Crippen LogP contribution >= 0.6 is 0 Å². The van der Waals surface area contributed by atoms with Gasteiger partial charge in [0.05, 0.1) is 0 Å². The third-order valence-corrected chi connectivity index (χ3v) is 95.2. The second-order valence-electron chi connectivity index (χ2n) is 68.8. The second-order valence-corrected chi connectivity index (χ2v) is 68.8. The molecule has 454 valence electrons. The minimum absolute atomic E-state index is 1.11. The van der Waals surface area contributed by atoms with Crippen LogP contribution in [0.15, 0.2) is 0 Å². The van der Waals surface area contributed by atoms with Gasteiger partial charge in [0.15, 0.2) is 0 Å². The molecule has 0 aliphatic heterocycles. The topological polar surface area (TPSA) is 0 Å². The quantitative estimate of drug-likeness (QED) is 0.234. The molecular weight excluding hydrogens is 1230 g/mol. The van der Waals surface area contributed by atoms with Crippen LogP contribution in [0.5, 0.6) is 0 Å². The lowest BCUT2D eigenvalue weighted by molar-refractivity contribution is -1.23. The van der Waals surface area contributed by atoms with E-state index in [0.29, 0.717) is 0 Å². The van der Waals surface area contributed by atoms with Crippen LogP contribution in [-0.4, -0.2) is 0 Å². The minimum atomic E-state index is 1.11. The van der Waals surface area contributed by atoms with E-state index in [1.165, 1.54) is 301 Å². The van der Waals surface area contributed by atoms with Crippen molar-refractivity contribution in [3.63, 3.8) is 0 Å². The molecule has 0 heteroatoms. The van der Waals surface area contributed by atoms with Gasteiger partial charge in [-0.05, 0) is 575 Å². The van der Waals surface area contributed by atoms with Crippen molar-refractivity contribution in [2.45, 2.75) is 25.7 Å². The smallest absolute Gasteiger partial charge is 0.000370 e. The molecule has 0 N–H and O–H groups in total. The van der Waals surface area contributed by atoms with Crippen LogP contribution in [-0.2, 0) is 0 Å². The predicted molar refractivity (Wildman–Crippen MR) is 312 cm³/mol. The Morgan fingerprint density at radius 2 is 0.176 bits per heavy atom. The van der Waals surface area contributed by atoms with Gasteiger partial charge in [-0.25, -0.2) is 0 Å². The molecule has 102 heavy (non-hydrogen) atoms. The van der Waals surface area contributed by atoms with E-state index in [1.807, 2.05) is 25.7 Å². The third kappa shape index (κ3) is 0.590. The third-order valence-electron chi connectivity index (χ3n) is 95.2. The molecule has 0 nitrogen and oxygen atoms in total. The summed E-state index contributed by atoms with van der Waals surface area (Å²) in [7, 11) is 0. The van der Waals surface area contributed by atoms with Crippen molar-refractivity contribution in [2.24, 2.45) is 452 Å². The highest BCUT2D eigenvalue weighted by Gasteiger charge is 3.84. The largest absolute Gasteiger partial charge is 0.0458 e. The van der Waals surface area contributed by atoms with Gasteiger partial charge in [0.1, 0.15) is 0 Å². The normalized spacial score (nSPS) is 154. The average molecular weight is 1270 g/mol. The lowest BCUT2D eigenvalue weighted by Gasteiger charge is -3.77. The van der Waals surface area contributed by atoms with Crippen LogP contribution in [0.2, 0.25) is 0 Å². The van der Waals surface area contributed by atoms with Gasteiger partial charge in [-0.15, -0.1) is 0 Å². The highest BCUT2D eigenvalue weighted by Crippen LogP contribution is 3.88. The molecule has 60 spiro atoms. The van der Waals surface area contributed by atoms with Crippen molar-refractivity contribution in [1.82, 2.24) is 0 Å². The Labute approximate surface area is 571 Å². The maximum absolute atomic E-state index is 1.91. The first-order chi connectivity index (χ1) is 50.8. The Hall–Kier alpha value is 0. The van der Waals surface area contributed by atoms with Gasteiger partial charge < -0.3 is 0 Å². The second kappa shape index (κ2) is 4.42. The molecule has 0 aromatic rings. The van der Waals surface area contributed by atoms with E-state index in [9.17, 15) is 0 Å². The molecule has 80 aliphatic rings. The monoisotopic (exact) mass is 1270 g/mol. The summed E-state index contributed by atoms with van der Waals surface area (Å²) in [5.41, 5.74) is 68.9. The summed E-state index contributed by atoms with van der Waals surface area (Å²) in [6, 6.07) is 0. The minimum Gasteiger partial charge on any atom is -0.0458 e. The van der Waals surface area contributed by atoms with Crippen LogP contribution in [0.4, 0.5) is 0 Å². The summed E-state index contributed by atoms with van der Waals surface area (Å²) >= 11 is 0. The van der Waals surface area contributed by atoms with E-state index in [-0.39, 0.29) is 0 Å². The molecule has 80 aliphatic carbocycles. The summed E-state index contributed by atoms with van der Waals surface area (Å²) in [6.07, 6.45) is 7.65. The van der Waals surface area contributed by atoms with Gasteiger partial charge in [-0.3, -0.25) is 0 Å². The van der Waals surface area contributed by atoms with Crippen LogP contribution in [0.3, 0.4) is 0 Å². The number of rotatable bonds is 0. The molecule has 0 bridgehead atoms. The Kier molecular flexibility index (Phi) is 1.38. The fraction of sp³-hybridized carbons (Fsp3) is 1.00. The van der Waals surface area contributed by atoms with Crippen LogP contribution in [0, 0.1) is 550 Å². The van der Waals surface area contributed by atoms with Crippen molar-refractivity contribution in [2.75, 3.05) is 0 Å². The molecular formula is C102H46. The van der Waals surface area contributed by atoms with E-state index in [1.54, 1.807) is 0 Å². The van der Waals surface area contributed by atoms with Gasteiger partial charge >= 0.3 is 0 Å². The van der Waals surface area contributed by atoms with Crippen molar-refractivity contribution in [3.8, 4) is 0 Å². The van der Waals surface area contributed by atoms with Crippen LogP contribution in [0.25, 0.3) is 0 Å². The van der Waals surface area contributed by atoms with E-state index < -0.39 is 0 Å². The molecule has 80 rings (SSSR count). The SMILES string of the molecule is C1C2C3C4C5CC6C7C8C9C%10C%11C%12C%13C%14C%15C%16C%17C%18C%19C%20CC%21C%22C%23C%24CC%25C%26C%27C%28C%29C%30C%31C%32C%33C%34C%35C%36C%37C%38C1C21C32C43C56C74C85C96C%107C%118C%129C%13%10C%14%11C%15%12C%16%13C%17%14C%18%15C%19%16C%21%20C%22%17C%23%18C%24%25C%26%19C%27%20C%28%21C%29%22C%30%23C%31%24C%32%25C%33%26C%34%27C%35%28C%36%29C%37%30C%381C21C34C52C%301C%291C62C72C%281C%271C82C92C%261C%251C%243C%234C%225C%216C%207C%18%19C%17%16C%157C%146C%135C%124C%113C%1021. The number of fused-ring (bicyclic) bond motifs is 34. The van der Waals surface area contributed by atoms with Crippen molar-refractivity contribution < 1.29 is 0 Å². The van der Waals surface area contributed by atoms with Crippen molar-refractivity contribution in [1.29, 1.82) is 0 Å².